The van der Waals surface area contributed by atoms with E-state index in [9.17, 15) is 58.5 Å². The summed E-state index contributed by atoms with van der Waals surface area (Å²) in [7, 11) is 0. The molecule has 0 saturated carbocycles. The summed E-state index contributed by atoms with van der Waals surface area (Å²) in [4.78, 5) is 116. The molecule has 0 rings (SSSR count). The molecule has 10 atom stereocenters. The monoisotopic (exact) mass is 889 g/mol. The molecule has 62 heavy (non-hydrogen) atoms. The zero-order chi connectivity index (χ0) is 48.0. The van der Waals surface area contributed by atoms with Gasteiger partial charge in [-0.3, -0.25) is 43.8 Å². The summed E-state index contributed by atoms with van der Waals surface area (Å²) < 4.78 is 0. The molecule has 0 aliphatic heterocycles. The van der Waals surface area contributed by atoms with Gasteiger partial charge in [-0.25, -0.2) is 4.79 Å². The average molecular weight is 889 g/mol. The molecule has 0 aromatic carbocycles. The Hall–Kier alpha value is -5.66. The first-order chi connectivity index (χ1) is 28.8. The number of primary amides is 1. The Bertz CT molecular complexity index is 1560. The minimum absolute atomic E-state index is 0.0507. The normalized spacial score (nSPS) is 16.0. The van der Waals surface area contributed by atoms with E-state index in [1.54, 1.807) is 41.5 Å². The number of hydrogen-bond donors (Lipinski definition) is 16. The molecule has 0 radical (unpaired) electrons. The van der Waals surface area contributed by atoms with Crippen molar-refractivity contribution < 1.29 is 63.6 Å². The molecule has 0 spiro atoms. The lowest BCUT2D eigenvalue weighted by Crippen LogP contribution is -2.62. The van der Waals surface area contributed by atoms with Crippen LogP contribution in [0.3, 0.4) is 0 Å². The Kier molecular flexibility index (Phi) is 25.5. The number of hydrogen-bond acceptors (Lipinski definition) is 14. The number of carbonyl (C=O) groups excluding carboxylic acids is 8. The molecule has 0 fully saturated rings. The maximum Gasteiger partial charge on any atom is 0.328 e. The number of amides is 8. The summed E-state index contributed by atoms with van der Waals surface area (Å²) in [5, 5.41) is 65.4. The third kappa shape index (κ3) is 20.7. The van der Waals surface area contributed by atoms with Gasteiger partial charge in [-0.15, -0.1) is 0 Å². The summed E-state index contributed by atoms with van der Waals surface area (Å²) in [5.41, 5.74) is 16.5. The van der Waals surface area contributed by atoms with Crippen LogP contribution in [-0.4, -0.2) is 154 Å². The van der Waals surface area contributed by atoms with Gasteiger partial charge in [-0.1, -0.05) is 48.0 Å². The third-order valence-electron chi connectivity index (χ3n) is 9.45. The van der Waals surface area contributed by atoms with Crippen molar-refractivity contribution in [1.82, 2.24) is 42.5 Å². The van der Waals surface area contributed by atoms with E-state index in [4.69, 9.17) is 27.7 Å². The number of aliphatic carboxylic acids is 1. The van der Waals surface area contributed by atoms with Gasteiger partial charge in [0.15, 0.2) is 5.96 Å². The van der Waals surface area contributed by atoms with E-state index in [2.05, 4.69) is 37.2 Å². The molecular formula is C37H68N12O13. The number of carboxylic acid groups (broad SMARTS) is 1. The summed E-state index contributed by atoms with van der Waals surface area (Å²) in [6.45, 7) is 9.61. The number of guanidine groups is 1. The molecule has 0 heterocycles. The molecule has 0 aromatic rings. The predicted molar refractivity (Wildman–Crippen MR) is 222 cm³/mol. The van der Waals surface area contributed by atoms with Gasteiger partial charge in [-0.05, 0) is 43.9 Å². The van der Waals surface area contributed by atoms with E-state index in [-0.39, 0.29) is 43.6 Å². The van der Waals surface area contributed by atoms with Crippen molar-refractivity contribution in [3.8, 4) is 0 Å². The molecule has 0 aliphatic rings. The lowest BCUT2D eigenvalue weighted by atomic mass is 9.96. The Morgan fingerprint density at radius 3 is 1.68 bits per heavy atom. The number of nitrogens with two attached hydrogens (primary N) is 3. The van der Waals surface area contributed by atoms with E-state index < -0.39 is 133 Å². The van der Waals surface area contributed by atoms with E-state index in [0.717, 1.165) is 6.92 Å². The van der Waals surface area contributed by atoms with Crippen LogP contribution in [0.5, 0.6) is 0 Å². The number of nitrogens with one attached hydrogen (secondary N) is 9. The summed E-state index contributed by atoms with van der Waals surface area (Å²) >= 11 is 0. The van der Waals surface area contributed by atoms with Gasteiger partial charge in [0.25, 0.3) is 0 Å². The van der Waals surface area contributed by atoms with Crippen molar-refractivity contribution in [2.24, 2.45) is 35.0 Å². The largest absolute Gasteiger partial charge is 0.480 e. The number of aliphatic hydroxyl groups is 3. The van der Waals surface area contributed by atoms with Crippen molar-refractivity contribution in [3.63, 3.8) is 0 Å². The summed E-state index contributed by atoms with van der Waals surface area (Å²) in [5.74, 6) is -10.8. The van der Waals surface area contributed by atoms with Crippen molar-refractivity contribution in [2.45, 2.75) is 135 Å². The highest BCUT2D eigenvalue weighted by Crippen LogP contribution is 2.13. The first kappa shape index (κ1) is 56.3. The van der Waals surface area contributed by atoms with Gasteiger partial charge in [-0.2, -0.15) is 0 Å². The highest BCUT2D eigenvalue weighted by Gasteiger charge is 2.36. The first-order valence-electron chi connectivity index (χ1n) is 20.2. The fourth-order valence-corrected chi connectivity index (χ4v) is 5.61. The van der Waals surface area contributed by atoms with Crippen LogP contribution in [0.1, 0.15) is 80.6 Å². The molecule has 25 heteroatoms. The third-order valence-corrected chi connectivity index (χ3v) is 9.45. The van der Waals surface area contributed by atoms with Crippen LogP contribution in [-0.2, 0) is 43.2 Å². The Labute approximate surface area is 360 Å². The van der Waals surface area contributed by atoms with Crippen molar-refractivity contribution >= 4 is 59.2 Å². The Morgan fingerprint density at radius 1 is 0.661 bits per heavy atom. The Morgan fingerprint density at radius 2 is 1.19 bits per heavy atom. The van der Waals surface area contributed by atoms with Crippen LogP contribution in [0.2, 0.25) is 0 Å². The van der Waals surface area contributed by atoms with E-state index in [1.807, 2.05) is 5.32 Å². The van der Waals surface area contributed by atoms with Crippen molar-refractivity contribution in [1.29, 1.82) is 5.41 Å². The molecule has 0 aromatic heterocycles. The molecule has 25 nitrogen and oxygen atoms in total. The van der Waals surface area contributed by atoms with Crippen LogP contribution in [0.25, 0.3) is 0 Å². The standard InChI is InChI=1S/C37H68N12O13/c1-8-18(6)27(35(60)49-28(19(7)51)34(59)43-14-25(53)44-22(13-24(38)52)32(57)47-23(15-50)36(61)62)48-30(55)20(10-9-11-42-37(40)41)45-31(56)21(12-16(2)3)46-33(58)26(39)29(54)17(4)5/h16-23,26-29,50-51,54H,8-15,39H2,1-7H3,(H2,38,52)(H,43,59)(H,44,53)(H,45,56)(H,46,58)(H,47,57)(H,48,55)(H,49,60)(H,61,62)(H4,40,41,42)/t18-,19-,20+,21-,22-,23-,26-,27-,28-,29+/m0/s1. The zero-order valence-corrected chi connectivity index (χ0v) is 36.3. The fraction of sp³-hybridized carbons (Fsp3) is 0.730. The zero-order valence-electron chi connectivity index (χ0n) is 36.3. The van der Waals surface area contributed by atoms with Gasteiger partial charge < -0.3 is 80.2 Å². The smallest absolute Gasteiger partial charge is 0.328 e. The van der Waals surface area contributed by atoms with Gasteiger partial charge in [0.1, 0.15) is 42.3 Å². The maximum absolute atomic E-state index is 13.9. The molecule has 0 unspecified atom stereocenters. The predicted octanol–water partition coefficient (Wildman–Crippen LogP) is -5.96. The molecule has 0 bridgehead atoms. The minimum atomic E-state index is -1.77. The number of rotatable bonds is 29. The molecule has 19 N–H and O–H groups in total. The van der Waals surface area contributed by atoms with E-state index in [1.165, 1.54) is 0 Å². The van der Waals surface area contributed by atoms with Crippen LogP contribution >= 0.6 is 0 Å². The van der Waals surface area contributed by atoms with E-state index >= 15 is 0 Å². The number of carbonyl (C=O) groups is 9. The second kappa shape index (κ2) is 28.0. The second-order valence-corrected chi connectivity index (χ2v) is 15.7. The van der Waals surface area contributed by atoms with E-state index in [0.29, 0.717) is 6.42 Å². The fourth-order valence-electron chi connectivity index (χ4n) is 5.61. The topological polar surface area (TPSA) is 433 Å². The summed E-state index contributed by atoms with van der Waals surface area (Å²) in [6, 6.07) is -10.5. The quantitative estimate of drug-likeness (QED) is 0.0189. The van der Waals surface area contributed by atoms with Gasteiger partial charge in [0.2, 0.25) is 47.3 Å². The van der Waals surface area contributed by atoms with Crippen molar-refractivity contribution in [2.75, 3.05) is 19.7 Å². The molecule has 354 valence electrons. The average Bonchev–Trinajstić information content (AvgIpc) is 3.18. The maximum atomic E-state index is 13.9. The molecule has 0 aliphatic carbocycles. The van der Waals surface area contributed by atoms with Crippen LogP contribution in [0.15, 0.2) is 0 Å². The first-order valence-corrected chi connectivity index (χ1v) is 20.2. The van der Waals surface area contributed by atoms with Gasteiger partial charge >= 0.3 is 5.97 Å². The number of aliphatic hydroxyl groups excluding tert-OH is 3. The molecule has 8 amide bonds. The van der Waals surface area contributed by atoms with Gasteiger partial charge in [0, 0.05) is 6.54 Å². The minimum Gasteiger partial charge on any atom is -0.480 e. The molecule has 0 saturated heterocycles. The molecular weight excluding hydrogens is 820 g/mol. The second-order valence-electron chi connectivity index (χ2n) is 15.7. The highest BCUT2D eigenvalue weighted by molar-refractivity contribution is 5.98. The highest BCUT2D eigenvalue weighted by atomic mass is 16.4. The van der Waals surface area contributed by atoms with Gasteiger partial charge in [0.05, 0.1) is 31.8 Å². The summed E-state index contributed by atoms with van der Waals surface area (Å²) in [6.07, 6.45) is -3.03. The van der Waals surface area contributed by atoms with Crippen LogP contribution in [0, 0.1) is 23.2 Å². The van der Waals surface area contributed by atoms with Crippen LogP contribution < -0.4 is 59.7 Å². The lowest BCUT2D eigenvalue weighted by Gasteiger charge is -2.30. The number of carboxylic acids is 1. The Balaban J connectivity index is 6.24. The lowest BCUT2D eigenvalue weighted by molar-refractivity contribution is -0.143. The van der Waals surface area contributed by atoms with Crippen LogP contribution in [0.4, 0.5) is 0 Å². The van der Waals surface area contributed by atoms with Crippen molar-refractivity contribution in [3.05, 3.63) is 0 Å². The SMILES string of the molecule is CC[C@H](C)[C@H](NC(=O)[C@@H](CCCNC(=N)N)NC(=O)[C@H](CC(C)C)NC(=O)[C@@H](N)[C@H](O)C(C)C)C(=O)N[C@H](C(=O)NCC(=O)N[C@@H](CC(N)=O)C(=O)N[C@@H](CO)C(=O)O)[C@H](C)O.